The average molecular weight is 288 g/mol. The highest BCUT2D eigenvalue weighted by molar-refractivity contribution is 5.51. The minimum atomic E-state index is 0.215. The molecule has 0 bridgehead atoms. The average Bonchev–Trinajstić information content (AvgIpc) is 2.58. The molecule has 2 nitrogen and oxygen atoms in total. The summed E-state index contributed by atoms with van der Waals surface area (Å²) in [5.41, 5.74) is 11.5. The Hall–Kier alpha value is -2.74. The van der Waals surface area contributed by atoms with Gasteiger partial charge in [-0.1, -0.05) is 54.6 Å². The van der Waals surface area contributed by atoms with Crippen molar-refractivity contribution in [3.05, 3.63) is 95.6 Å². The Labute approximate surface area is 131 Å². The second-order valence-corrected chi connectivity index (χ2v) is 5.38. The number of benzene rings is 3. The molecule has 0 aliphatic heterocycles. The lowest BCUT2D eigenvalue weighted by Gasteiger charge is -2.19. The number of hydrogen-bond acceptors (Lipinski definition) is 2. The van der Waals surface area contributed by atoms with Crippen molar-refractivity contribution in [2.75, 3.05) is 18.1 Å². The first-order chi connectivity index (χ1) is 10.8. The van der Waals surface area contributed by atoms with Crippen LogP contribution in [0.2, 0.25) is 0 Å². The standard InChI is InChI=1S/C20H20N2/c1-22-19-13-9-17(10-14-19)20(15-5-3-2-4-6-15)16-7-11-18(21)12-8-16/h2-14,20,22H,21H2,1H3. The molecule has 110 valence electrons. The number of rotatable bonds is 4. The molecular formula is C20H20N2. The molecule has 22 heavy (non-hydrogen) atoms. The molecule has 1 unspecified atom stereocenters. The van der Waals surface area contributed by atoms with Crippen LogP contribution in [0.5, 0.6) is 0 Å². The highest BCUT2D eigenvalue weighted by atomic mass is 14.8. The summed E-state index contributed by atoms with van der Waals surface area (Å²) < 4.78 is 0. The minimum absolute atomic E-state index is 0.215. The molecule has 0 heterocycles. The smallest absolute Gasteiger partial charge is 0.0340 e. The fourth-order valence-electron chi connectivity index (χ4n) is 2.75. The fourth-order valence-corrected chi connectivity index (χ4v) is 2.75. The zero-order valence-electron chi connectivity index (χ0n) is 12.7. The van der Waals surface area contributed by atoms with Gasteiger partial charge in [-0.25, -0.2) is 0 Å². The number of nitrogens with one attached hydrogen (secondary N) is 1. The summed E-state index contributed by atoms with van der Waals surface area (Å²) in [4.78, 5) is 0. The van der Waals surface area contributed by atoms with Crippen LogP contribution >= 0.6 is 0 Å². The van der Waals surface area contributed by atoms with Gasteiger partial charge >= 0.3 is 0 Å². The van der Waals surface area contributed by atoms with E-state index in [4.69, 9.17) is 5.73 Å². The Kier molecular flexibility index (Phi) is 4.10. The quantitative estimate of drug-likeness (QED) is 0.548. The zero-order valence-corrected chi connectivity index (χ0v) is 12.7. The highest BCUT2D eigenvalue weighted by Gasteiger charge is 2.16. The van der Waals surface area contributed by atoms with E-state index in [1.807, 2.05) is 25.2 Å². The third kappa shape index (κ3) is 2.96. The van der Waals surface area contributed by atoms with Crippen molar-refractivity contribution < 1.29 is 0 Å². The largest absolute Gasteiger partial charge is 0.399 e. The van der Waals surface area contributed by atoms with Gasteiger partial charge in [-0.15, -0.1) is 0 Å². The maximum atomic E-state index is 5.83. The van der Waals surface area contributed by atoms with Crippen molar-refractivity contribution in [2.45, 2.75) is 5.92 Å². The molecule has 0 aliphatic carbocycles. The highest BCUT2D eigenvalue weighted by Crippen LogP contribution is 2.32. The van der Waals surface area contributed by atoms with Crippen LogP contribution in [0.4, 0.5) is 11.4 Å². The summed E-state index contributed by atoms with van der Waals surface area (Å²) in [5.74, 6) is 0.215. The van der Waals surface area contributed by atoms with E-state index in [1.165, 1.54) is 16.7 Å². The lowest BCUT2D eigenvalue weighted by molar-refractivity contribution is 0.978. The topological polar surface area (TPSA) is 38.0 Å². The second kappa shape index (κ2) is 6.35. The van der Waals surface area contributed by atoms with Crippen molar-refractivity contribution in [3.8, 4) is 0 Å². The van der Waals surface area contributed by atoms with Crippen molar-refractivity contribution >= 4 is 11.4 Å². The molecule has 3 N–H and O–H groups in total. The van der Waals surface area contributed by atoms with Gasteiger partial charge in [0.15, 0.2) is 0 Å². The van der Waals surface area contributed by atoms with E-state index in [0.717, 1.165) is 11.4 Å². The van der Waals surface area contributed by atoms with Gasteiger partial charge in [0.05, 0.1) is 0 Å². The molecule has 3 aromatic rings. The first-order valence-electron chi connectivity index (χ1n) is 7.46. The van der Waals surface area contributed by atoms with Gasteiger partial charge in [-0.2, -0.15) is 0 Å². The molecule has 0 saturated heterocycles. The molecule has 0 saturated carbocycles. The number of hydrogen-bond donors (Lipinski definition) is 2. The molecule has 3 rings (SSSR count). The zero-order chi connectivity index (χ0) is 15.4. The monoisotopic (exact) mass is 288 g/mol. The van der Waals surface area contributed by atoms with Crippen LogP contribution < -0.4 is 11.1 Å². The van der Waals surface area contributed by atoms with Crippen molar-refractivity contribution in [1.82, 2.24) is 0 Å². The van der Waals surface area contributed by atoms with Gasteiger partial charge < -0.3 is 11.1 Å². The van der Waals surface area contributed by atoms with Gasteiger partial charge in [0.1, 0.15) is 0 Å². The van der Waals surface area contributed by atoms with Gasteiger partial charge in [0.2, 0.25) is 0 Å². The third-order valence-electron chi connectivity index (χ3n) is 3.94. The maximum absolute atomic E-state index is 5.83. The van der Waals surface area contributed by atoms with Crippen LogP contribution in [0.3, 0.4) is 0 Å². The molecule has 0 aromatic heterocycles. The Balaban J connectivity index is 2.07. The normalized spacial score (nSPS) is 11.9. The van der Waals surface area contributed by atoms with E-state index in [2.05, 4.69) is 66.0 Å². The van der Waals surface area contributed by atoms with E-state index in [-0.39, 0.29) is 5.92 Å². The van der Waals surface area contributed by atoms with Crippen LogP contribution in [-0.4, -0.2) is 7.05 Å². The van der Waals surface area contributed by atoms with Crippen LogP contribution in [0.1, 0.15) is 22.6 Å². The molecular weight excluding hydrogens is 268 g/mol. The maximum Gasteiger partial charge on any atom is 0.0340 e. The van der Waals surface area contributed by atoms with E-state index >= 15 is 0 Å². The van der Waals surface area contributed by atoms with Crippen LogP contribution in [0.15, 0.2) is 78.9 Å². The summed E-state index contributed by atoms with van der Waals surface area (Å²) in [7, 11) is 1.93. The van der Waals surface area contributed by atoms with E-state index < -0.39 is 0 Å². The molecule has 2 heteroatoms. The molecule has 0 spiro atoms. The summed E-state index contributed by atoms with van der Waals surface area (Å²) in [5, 5.41) is 3.16. The minimum Gasteiger partial charge on any atom is -0.399 e. The van der Waals surface area contributed by atoms with E-state index in [9.17, 15) is 0 Å². The summed E-state index contributed by atoms with van der Waals surface area (Å²) >= 11 is 0. The van der Waals surface area contributed by atoms with E-state index in [0.29, 0.717) is 0 Å². The fraction of sp³-hybridized carbons (Fsp3) is 0.100. The lowest BCUT2D eigenvalue weighted by atomic mass is 9.85. The molecule has 0 amide bonds. The van der Waals surface area contributed by atoms with Crippen LogP contribution in [-0.2, 0) is 0 Å². The van der Waals surface area contributed by atoms with E-state index in [1.54, 1.807) is 0 Å². The predicted molar refractivity (Wildman–Crippen MR) is 94.2 cm³/mol. The third-order valence-corrected chi connectivity index (χ3v) is 3.94. The SMILES string of the molecule is CNc1ccc(C(c2ccccc2)c2ccc(N)cc2)cc1. The van der Waals surface area contributed by atoms with Crippen molar-refractivity contribution in [1.29, 1.82) is 0 Å². The summed E-state index contributed by atoms with van der Waals surface area (Å²) in [6.45, 7) is 0. The predicted octanol–water partition coefficient (Wildman–Crippen LogP) is 4.49. The number of nitrogens with two attached hydrogens (primary N) is 1. The van der Waals surface area contributed by atoms with Crippen LogP contribution in [0, 0.1) is 0 Å². The Morgan fingerprint density at radius 3 is 1.73 bits per heavy atom. The Bertz CT molecular complexity index is 716. The first-order valence-corrected chi connectivity index (χ1v) is 7.46. The molecule has 0 aliphatic rings. The molecule has 0 radical (unpaired) electrons. The Morgan fingerprint density at radius 2 is 1.18 bits per heavy atom. The van der Waals surface area contributed by atoms with Gasteiger partial charge in [0.25, 0.3) is 0 Å². The van der Waals surface area contributed by atoms with Gasteiger partial charge in [-0.05, 0) is 41.0 Å². The van der Waals surface area contributed by atoms with Crippen molar-refractivity contribution in [2.24, 2.45) is 0 Å². The molecule has 3 aromatic carbocycles. The summed E-state index contributed by atoms with van der Waals surface area (Å²) in [6.07, 6.45) is 0. The lowest BCUT2D eigenvalue weighted by Crippen LogP contribution is -2.03. The first kappa shape index (κ1) is 14.2. The van der Waals surface area contributed by atoms with Crippen molar-refractivity contribution in [3.63, 3.8) is 0 Å². The Morgan fingerprint density at radius 1 is 0.682 bits per heavy atom. The number of nitrogen functional groups attached to an aromatic ring is 1. The van der Waals surface area contributed by atoms with Gasteiger partial charge in [0, 0.05) is 24.3 Å². The molecule has 1 atom stereocenters. The number of anilines is 2. The second-order valence-electron chi connectivity index (χ2n) is 5.38. The van der Waals surface area contributed by atoms with Gasteiger partial charge in [-0.3, -0.25) is 0 Å². The summed E-state index contributed by atoms with van der Waals surface area (Å²) in [6, 6.07) is 27.3. The van der Waals surface area contributed by atoms with Crippen LogP contribution in [0.25, 0.3) is 0 Å². The molecule has 0 fully saturated rings.